The van der Waals surface area contributed by atoms with Crippen molar-refractivity contribution >= 4 is 0 Å². The summed E-state index contributed by atoms with van der Waals surface area (Å²) in [6.07, 6.45) is 6.03. The molecule has 1 aliphatic heterocycles. The lowest BCUT2D eigenvalue weighted by Gasteiger charge is -2.51. The molecule has 1 spiro atoms. The molecule has 2 rings (SSSR count). The SMILES string of the molecule is CN(C1CCOC2(CCC2)C1)C(C)(C)CO. The molecule has 2 aliphatic rings. The molecule has 0 amide bonds. The van der Waals surface area contributed by atoms with E-state index in [2.05, 4.69) is 25.8 Å². The van der Waals surface area contributed by atoms with Crippen LogP contribution in [-0.4, -0.2) is 47.4 Å². The molecule has 1 atom stereocenters. The molecule has 3 heteroatoms. The van der Waals surface area contributed by atoms with Gasteiger partial charge in [-0.2, -0.15) is 0 Å². The fourth-order valence-corrected chi connectivity index (χ4v) is 2.86. The van der Waals surface area contributed by atoms with Gasteiger partial charge in [0.25, 0.3) is 0 Å². The number of hydrogen-bond acceptors (Lipinski definition) is 3. The third-order valence-electron chi connectivity index (χ3n) is 4.62. The monoisotopic (exact) mass is 227 g/mol. The second kappa shape index (κ2) is 4.28. The molecule has 3 nitrogen and oxygen atoms in total. The highest BCUT2D eigenvalue weighted by Crippen LogP contribution is 2.43. The van der Waals surface area contributed by atoms with E-state index in [1.165, 1.54) is 19.3 Å². The Hall–Kier alpha value is -0.120. The Labute approximate surface area is 98.8 Å². The quantitative estimate of drug-likeness (QED) is 0.798. The number of hydrogen-bond donors (Lipinski definition) is 1. The normalized spacial score (nSPS) is 29.4. The summed E-state index contributed by atoms with van der Waals surface area (Å²) in [4.78, 5) is 2.34. The van der Waals surface area contributed by atoms with Gasteiger partial charge >= 0.3 is 0 Å². The summed E-state index contributed by atoms with van der Waals surface area (Å²) in [7, 11) is 2.14. The first kappa shape index (κ1) is 12.3. The number of aliphatic hydroxyl groups excluding tert-OH is 1. The fourth-order valence-electron chi connectivity index (χ4n) is 2.86. The predicted octanol–water partition coefficient (Wildman–Crippen LogP) is 1.79. The third kappa shape index (κ3) is 2.13. The van der Waals surface area contributed by atoms with Crippen molar-refractivity contribution in [1.29, 1.82) is 0 Å². The maximum absolute atomic E-state index is 9.42. The van der Waals surface area contributed by atoms with Crippen LogP contribution in [0.5, 0.6) is 0 Å². The van der Waals surface area contributed by atoms with E-state index < -0.39 is 0 Å². The standard InChI is InChI=1S/C13H25NO2/c1-12(2,10-15)14(3)11-5-8-16-13(9-11)6-4-7-13/h11,15H,4-10H2,1-3H3. The highest BCUT2D eigenvalue weighted by atomic mass is 16.5. The van der Waals surface area contributed by atoms with Crippen LogP contribution in [0.1, 0.15) is 46.0 Å². The number of ether oxygens (including phenoxy) is 1. The van der Waals surface area contributed by atoms with Gasteiger partial charge in [-0.25, -0.2) is 0 Å². The van der Waals surface area contributed by atoms with Crippen LogP contribution in [0.25, 0.3) is 0 Å². The Morgan fingerprint density at radius 1 is 1.44 bits per heavy atom. The molecule has 0 aromatic carbocycles. The first-order valence-corrected chi connectivity index (χ1v) is 6.47. The van der Waals surface area contributed by atoms with Gasteiger partial charge in [-0.3, -0.25) is 4.90 Å². The van der Waals surface area contributed by atoms with Crippen LogP contribution in [0.15, 0.2) is 0 Å². The van der Waals surface area contributed by atoms with Crippen LogP contribution in [0.4, 0.5) is 0 Å². The largest absolute Gasteiger partial charge is 0.394 e. The summed E-state index contributed by atoms with van der Waals surface area (Å²) in [5.41, 5.74) is 0.0790. The van der Waals surface area contributed by atoms with Crippen molar-refractivity contribution in [2.45, 2.75) is 63.1 Å². The number of aliphatic hydroxyl groups is 1. The molecule has 1 aliphatic carbocycles. The molecular formula is C13H25NO2. The second-order valence-electron chi connectivity index (χ2n) is 6.11. The summed E-state index contributed by atoms with van der Waals surface area (Å²) in [5, 5.41) is 9.42. The molecule has 1 unspecified atom stereocenters. The molecule has 0 aromatic heterocycles. The van der Waals surface area contributed by atoms with Gasteiger partial charge in [-0.1, -0.05) is 0 Å². The van der Waals surface area contributed by atoms with Gasteiger partial charge in [0.1, 0.15) is 0 Å². The van der Waals surface area contributed by atoms with Crippen molar-refractivity contribution in [3.05, 3.63) is 0 Å². The van der Waals surface area contributed by atoms with Crippen molar-refractivity contribution < 1.29 is 9.84 Å². The third-order valence-corrected chi connectivity index (χ3v) is 4.62. The van der Waals surface area contributed by atoms with Crippen LogP contribution < -0.4 is 0 Å². The first-order chi connectivity index (χ1) is 7.49. The Balaban J connectivity index is 1.98. The van der Waals surface area contributed by atoms with Crippen molar-refractivity contribution in [1.82, 2.24) is 4.90 Å². The van der Waals surface area contributed by atoms with Gasteiger partial charge in [0.2, 0.25) is 0 Å². The Morgan fingerprint density at radius 2 is 2.12 bits per heavy atom. The summed E-state index contributed by atoms with van der Waals surface area (Å²) in [6, 6.07) is 0.566. The minimum atomic E-state index is -0.118. The summed E-state index contributed by atoms with van der Waals surface area (Å²) in [6.45, 7) is 5.32. The fraction of sp³-hybridized carbons (Fsp3) is 1.00. The van der Waals surface area contributed by atoms with E-state index in [0.29, 0.717) is 6.04 Å². The van der Waals surface area contributed by atoms with Crippen LogP contribution in [0.3, 0.4) is 0 Å². The molecule has 0 aromatic rings. The van der Waals surface area contributed by atoms with E-state index in [1.807, 2.05) is 0 Å². The zero-order chi connectivity index (χ0) is 11.8. The Kier molecular flexibility index (Phi) is 3.30. The molecular weight excluding hydrogens is 202 g/mol. The van der Waals surface area contributed by atoms with Gasteiger partial charge in [0.05, 0.1) is 12.2 Å². The van der Waals surface area contributed by atoms with E-state index >= 15 is 0 Å². The average molecular weight is 227 g/mol. The molecule has 94 valence electrons. The molecule has 2 fully saturated rings. The Morgan fingerprint density at radius 3 is 2.62 bits per heavy atom. The van der Waals surface area contributed by atoms with Crippen LogP contribution in [0.2, 0.25) is 0 Å². The van der Waals surface area contributed by atoms with E-state index in [1.54, 1.807) is 0 Å². The summed E-state index contributed by atoms with van der Waals surface area (Å²) >= 11 is 0. The predicted molar refractivity (Wildman–Crippen MR) is 64.5 cm³/mol. The number of likely N-dealkylation sites (N-methyl/N-ethyl adjacent to an activating group) is 1. The van der Waals surface area contributed by atoms with Gasteiger partial charge in [0.15, 0.2) is 0 Å². The van der Waals surface area contributed by atoms with Crippen molar-refractivity contribution in [2.75, 3.05) is 20.3 Å². The van der Waals surface area contributed by atoms with Gasteiger partial charge in [-0.05, 0) is 53.0 Å². The van der Waals surface area contributed by atoms with Crippen molar-refractivity contribution in [2.24, 2.45) is 0 Å². The van der Waals surface area contributed by atoms with Gasteiger partial charge in [0, 0.05) is 18.2 Å². The van der Waals surface area contributed by atoms with Crippen molar-refractivity contribution in [3.8, 4) is 0 Å². The van der Waals surface area contributed by atoms with E-state index in [-0.39, 0.29) is 17.7 Å². The molecule has 1 N–H and O–H groups in total. The topological polar surface area (TPSA) is 32.7 Å². The van der Waals surface area contributed by atoms with Gasteiger partial charge in [-0.15, -0.1) is 0 Å². The lowest BCUT2D eigenvalue weighted by Crippen LogP contribution is -2.56. The average Bonchev–Trinajstić information content (AvgIpc) is 2.26. The van der Waals surface area contributed by atoms with Crippen molar-refractivity contribution in [3.63, 3.8) is 0 Å². The molecule has 1 heterocycles. The maximum atomic E-state index is 9.42. The second-order valence-corrected chi connectivity index (χ2v) is 6.11. The highest BCUT2D eigenvalue weighted by molar-refractivity contribution is 4.98. The van der Waals surface area contributed by atoms with Gasteiger partial charge < -0.3 is 9.84 Å². The Bertz CT molecular complexity index is 248. The molecule has 0 radical (unpaired) electrons. The molecule has 1 saturated carbocycles. The number of nitrogens with zero attached hydrogens (tertiary/aromatic N) is 1. The van der Waals surface area contributed by atoms with E-state index in [4.69, 9.17) is 4.74 Å². The number of rotatable bonds is 3. The molecule has 1 saturated heterocycles. The first-order valence-electron chi connectivity index (χ1n) is 6.47. The highest BCUT2D eigenvalue weighted by Gasteiger charge is 2.44. The maximum Gasteiger partial charge on any atom is 0.0697 e. The zero-order valence-corrected chi connectivity index (χ0v) is 10.8. The summed E-state index contributed by atoms with van der Waals surface area (Å²) < 4.78 is 5.94. The van der Waals surface area contributed by atoms with Crippen LogP contribution in [0, 0.1) is 0 Å². The minimum absolute atomic E-state index is 0.118. The van der Waals surface area contributed by atoms with Crippen LogP contribution in [-0.2, 0) is 4.74 Å². The van der Waals surface area contributed by atoms with E-state index in [0.717, 1.165) is 19.4 Å². The van der Waals surface area contributed by atoms with Crippen LogP contribution >= 0.6 is 0 Å². The lowest BCUT2D eigenvalue weighted by atomic mass is 9.73. The van der Waals surface area contributed by atoms with E-state index in [9.17, 15) is 5.11 Å². The molecule has 0 bridgehead atoms. The summed E-state index contributed by atoms with van der Waals surface area (Å²) in [5.74, 6) is 0. The molecule has 16 heavy (non-hydrogen) atoms. The minimum Gasteiger partial charge on any atom is -0.394 e. The smallest absolute Gasteiger partial charge is 0.0697 e. The zero-order valence-electron chi connectivity index (χ0n) is 10.8. The lowest BCUT2D eigenvalue weighted by molar-refractivity contribution is -0.155.